The fraction of sp³-hybridized carbons (Fsp3) is 0.893. The average Bonchev–Trinajstić information content (AvgIpc) is 2.81. The number of carboxylic acids is 1. The van der Waals surface area contributed by atoms with Crippen LogP contribution in [-0.4, -0.2) is 34.8 Å². The Labute approximate surface area is 209 Å². The van der Waals surface area contributed by atoms with Crippen molar-refractivity contribution in [3.8, 4) is 0 Å². The normalized spacial score (nSPS) is 12.9. The molecule has 0 aliphatic carbocycles. The molecule has 0 aliphatic rings. The fourth-order valence-electron chi connectivity index (χ4n) is 4.27. The maximum absolute atomic E-state index is 12.3. The number of hydrogen-bond acceptors (Lipinski definition) is 4. The van der Waals surface area contributed by atoms with Gasteiger partial charge in [-0.1, -0.05) is 104 Å². The van der Waals surface area contributed by atoms with Gasteiger partial charge in [-0.25, -0.2) is 4.79 Å². The van der Waals surface area contributed by atoms with Gasteiger partial charge in [0.15, 0.2) is 11.3 Å². The van der Waals surface area contributed by atoms with Gasteiger partial charge < -0.3 is 16.2 Å². The smallest absolute Gasteiger partial charge is 0.331 e. The summed E-state index contributed by atoms with van der Waals surface area (Å²) in [6, 6.07) is 0. The number of carbonyl (C=O) groups is 3. The Morgan fingerprint density at radius 1 is 0.647 bits per heavy atom. The minimum atomic E-state index is -1.80. The quantitative estimate of drug-likeness (QED) is 0.0992. The van der Waals surface area contributed by atoms with Gasteiger partial charge in [-0.2, -0.15) is 0 Å². The molecule has 6 heteroatoms. The van der Waals surface area contributed by atoms with Gasteiger partial charge in [-0.15, -0.1) is 0 Å². The number of ketones is 1. The summed E-state index contributed by atoms with van der Waals surface area (Å²) in [6.07, 6.45) is 21.3. The van der Waals surface area contributed by atoms with Crippen LogP contribution in [0.5, 0.6) is 0 Å². The molecule has 0 unspecified atom stereocenters. The number of rotatable bonds is 25. The minimum Gasteiger partial charge on any atom is -0.480 e. The SMILES string of the molecule is CCCCCCCCCCCCCCCC(=O)NCCCC[C@](N)(C(=O)O)C(=O)CCCCC. The van der Waals surface area contributed by atoms with Crippen molar-refractivity contribution in [2.24, 2.45) is 5.73 Å². The molecule has 0 saturated carbocycles. The molecule has 1 atom stereocenters. The van der Waals surface area contributed by atoms with Gasteiger partial charge in [0, 0.05) is 19.4 Å². The number of aliphatic carboxylic acids is 1. The summed E-state index contributed by atoms with van der Waals surface area (Å²) in [6.45, 7) is 4.78. The molecule has 1 amide bonds. The van der Waals surface area contributed by atoms with Gasteiger partial charge >= 0.3 is 5.97 Å². The second kappa shape index (κ2) is 22.1. The number of carboxylic acid groups (broad SMARTS) is 1. The summed E-state index contributed by atoms with van der Waals surface area (Å²) in [5.41, 5.74) is 4.13. The summed E-state index contributed by atoms with van der Waals surface area (Å²) >= 11 is 0. The third kappa shape index (κ3) is 17.1. The molecule has 0 aromatic heterocycles. The largest absolute Gasteiger partial charge is 0.480 e. The zero-order chi connectivity index (χ0) is 25.5. The lowest BCUT2D eigenvalue weighted by Crippen LogP contribution is -2.54. The number of carbonyl (C=O) groups excluding carboxylic acids is 2. The van der Waals surface area contributed by atoms with E-state index in [9.17, 15) is 19.5 Å². The molecule has 0 aromatic rings. The van der Waals surface area contributed by atoms with E-state index in [0.717, 1.165) is 25.7 Å². The van der Waals surface area contributed by atoms with Crippen LogP contribution >= 0.6 is 0 Å². The van der Waals surface area contributed by atoms with E-state index in [4.69, 9.17) is 5.73 Å². The molecule has 6 nitrogen and oxygen atoms in total. The minimum absolute atomic E-state index is 0.0518. The van der Waals surface area contributed by atoms with Crippen molar-refractivity contribution in [2.75, 3.05) is 6.54 Å². The third-order valence-electron chi connectivity index (χ3n) is 6.71. The lowest BCUT2D eigenvalue weighted by molar-refractivity contribution is -0.148. The van der Waals surface area contributed by atoms with E-state index in [-0.39, 0.29) is 24.5 Å². The van der Waals surface area contributed by atoms with Crippen molar-refractivity contribution in [3.05, 3.63) is 0 Å². The van der Waals surface area contributed by atoms with Crippen LogP contribution in [0.4, 0.5) is 0 Å². The van der Waals surface area contributed by atoms with Gasteiger partial charge in [-0.05, 0) is 32.1 Å². The average molecular weight is 483 g/mol. The zero-order valence-electron chi connectivity index (χ0n) is 22.3. The van der Waals surface area contributed by atoms with Crippen molar-refractivity contribution in [1.82, 2.24) is 5.32 Å². The lowest BCUT2D eigenvalue weighted by Gasteiger charge is -2.23. The molecule has 0 aliphatic heterocycles. The van der Waals surface area contributed by atoms with Crippen LogP contribution in [0.2, 0.25) is 0 Å². The van der Waals surface area contributed by atoms with Crippen LogP contribution in [0.1, 0.15) is 149 Å². The Morgan fingerprint density at radius 2 is 1.09 bits per heavy atom. The van der Waals surface area contributed by atoms with Crippen LogP contribution in [0, 0.1) is 0 Å². The molecule has 34 heavy (non-hydrogen) atoms. The van der Waals surface area contributed by atoms with Crippen molar-refractivity contribution in [3.63, 3.8) is 0 Å². The predicted molar refractivity (Wildman–Crippen MR) is 141 cm³/mol. The van der Waals surface area contributed by atoms with Crippen LogP contribution in [-0.2, 0) is 14.4 Å². The highest BCUT2D eigenvalue weighted by atomic mass is 16.4. The molecule has 0 saturated heterocycles. The molecular weight excluding hydrogens is 428 g/mol. The number of hydrogen-bond donors (Lipinski definition) is 3. The van der Waals surface area contributed by atoms with Crippen molar-refractivity contribution >= 4 is 17.7 Å². The predicted octanol–water partition coefficient (Wildman–Crippen LogP) is 6.69. The van der Waals surface area contributed by atoms with Gasteiger partial charge in [0.2, 0.25) is 5.91 Å². The highest BCUT2D eigenvalue weighted by Crippen LogP contribution is 2.17. The standard InChI is InChI=1S/C28H54N2O4/c1-3-5-7-8-9-10-11-12-13-14-15-16-18-22-26(32)30-24-20-19-23-28(29,27(33)34)25(31)21-17-6-4-2/h3-24,29H2,1-2H3,(H,30,32)(H,33,34)/t28-/m1/s1. The first-order valence-corrected chi connectivity index (χ1v) is 14.2. The molecule has 0 bridgehead atoms. The van der Waals surface area contributed by atoms with E-state index in [0.29, 0.717) is 32.2 Å². The van der Waals surface area contributed by atoms with Gasteiger partial charge in [0.05, 0.1) is 0 Å². The second-order valence-electron chi connectivity index (χ2n) is 9.96. The Kier molecular flexibility index (Phi) is 21.1. The van der Waals surface area contributed by atoms with Gasteiger partial charge in [0.25, 0.3) is 0 Å². The van der Waals surface area contributed by atoms with Crippen LogP contribution < -0.4 is 11.1 Å². The van der Waals surface area contributed by atoms with E-state index >= 15 is 0 Å². The molecular formula is C28H54N2O4. The summed E-state index contributed by atoms with van der Waals surface area (Å²) < 4.78 is 0. The highest BCUT2D eigenvalue weighted by Gasteiger charge is 2.40. The molecule has 0 radical (unpaired) electrons. The first kappa shape index (κ1) is 32.6. The molecule has 0 fully saturated rings. The maximum atomic E-state index is 12.3. The first-order valence-electron chi connectivity index (χ1n) is 14.2. The van der Waals surface area contributed by atoms with Crippen LogP contribution in [0.3, 0.4) is 0 Å². The monoisotopic (exact) mass is 482 g/mol. The Morgan fingerprint density at radius 3 is 1.59 bits per heavy atom. The topological polar surface area (TPSA) is 109 Å². The molecule has 0 heterocycles. The molecule has 0 aromatic carbocycles. The van der Waals surface area contributed by atoms with Crippen molar-refractivity contribution < 1.29 is 19.5 Å². The van der Waals surface area contributed by atoms with E-state index in [2.05, 4.69) is 12.2 Å². The Balaban J connectivity index is 3.67. The molecule has 0 rings (SSSR count). The first-order chi connectivity index (χ1) is 16.4. The van der Waals surface area contributed by atoms with Crippen molar-refractivity contribution in [2.45, 2.75) is 154 Å². The summed E-state index contributed by atoms with van der Waals surface area (Å²) in [7, 11) is 0. The summed E-state index contributed by atoms with van der Waals surface area (Å²) in [5, 5.41) is 12.3. The highest BCUT2D eigenvalue weighted by molar-refractivity contribution is 6.07. The number of amides is 1. The molecule has 200 valence electrons. The van der Waals surface area contributed by atoms with E-state index in [1.54, 1.807) is 0 Å². The maximum Gasteiger partial charge on any atom is 0.331 e. The second-order valence-corrected chi connectivity index (χ2v) is 9.96. The van der Waals surface area contributed by atoms with E-state index in [1.165, 1.54) is 70.6 Å². The van der Waals surface area contributed by atoms with Gasteiger partial charge in [-0.3, -0.25) is 9.59 Å². The number of unbranched alkanes of at least 4 members (excludes halogenated alkanes) is 15. The van der Waals surface area contributed by atoms with Crippen molar-refractivity contribution in [1.29, 1.82) is 0 Å². The summed E-state index contributed by atoms with van der Waals surface area (Å²) in [4.78, 5) is 35.8. The number of Topliss-reactive ketones (excluding diaryl/α,β-unsaturated/α-hetero) is 1. The zero-order valence-corrected chi connectivity index (χ0v) is 22.3. The van der Waals surface area contributed by atoms with E-state index in [1.807, 2.05) is 6.92 Å². The number of nitrogens with two attached hydrogens (primary N) is 1. The molecule has 0 spiro atoms. The lowest BCUT2D eigenvalue weighted by atomic mass is 9.86. The van der Waals surface area contributed by atoms with Gasteiger partial charge in [0.1, 0.15) is 0 Å². The molecule has 4 N–H and O–H groups in total. The van der Waals surface area contributed by atoms with E-state index < -0.39 is 11.5 Å². The Bertz CT molecular complexity index is 538. The van der Waals surface area contributed by atoms with Crippen LogP contribution in [0.15, 0.2) is 0 Å². The fourth-order valence-corrected chi connectivity index (χ4v) is 4.27. The number of nitrogens with one attached hydrogen (secondary N) is 1. The summed E-state index contributed by atoms with van der Waals surface area (Å²) in [5.74, 6) is -1.59. The Hall–Kier alpha value is -1.43. The van der Waals surface area contributed by atoms with Crippen LogP contribution in [0.25, 0.3) is 0 Å². The third-order valence-corrected chi connectivity index (χ3v) is 6.71.